The summed E-state index contributed by atoms with van der Waals surface area (Å²) in [5, 5.41) is 3.41. The zero-order valence-corrected chi connectivity index (χ0v) is 9.73. The first kappa shape index (κ1) is 11.7. The number of carbonyl (C=O) groups excluding carboxylic acids is 1. The molecule has 0 aliphatic heterocycles. The van der Waals surface area contributed by atoms with E-state index in [-0.39, 0.29) is 11.8 Å². The topological polar surface area (TPSA) is 94.0 Å². The van der Waals surface area contributed by atoms with Gasteiger partial charge in [0.1, 0.15) is 5.82 Å². The summed E-state index contributed by atoms with van der Waals surface area (Å²) in [6, 6.07) is 4.11. The van der Waals surface area contributed by atoms with Crippen molar-refractivity contribution in [2.24, 2.45) is 11.7 Å². The predicted molar refractivity (Wildman–Crippen MR) is 67.2 cm³/mol. The lowest BCUT2D eigenvalue weighted by molar-refractivity contribution is -0.122. The molecule has 0 aromatic carbocycles. The van der Waals surface area contributed by atoms with Crippen molar-refractivity contribution in [3.8, 4) is 0 Å². The Morgan fingerprint density at radius 2 is 2.06 bits per heavy atom. The minimum absolute atomic E-state index is 0.0514. The maximum absolute atomic E-state index is 11.0. The number of amides is 1. The number of carbonyl (C=O) groups is 1. The van der Waals surface area contributed by atoms with E-state index in [0.717, 1.165) is 31.4 Å². The molecule has 1 aromatic rings. The summed E-state index contributed by atoms with van der Waals surface area (Å²) in [6.07, 6.45) is 5.36. The normalized spacial score (nSPS) is 24.2. The molecule has 1 heterocycles. The van der Waals surface area contributed by atoms with Crippen LogP contribution >= 0.6 is 0 Å². The van der Waals surface area contributed by atoms with Gasteiger partial charge in [0.15, 0.2) is 0 Å². The molecule has 5 heteroatoms. The van der Waals surface area contributed by atoms with Crippen LogP contribution < -0.4 is 16.8 Å². The van der Waals surface area contributed by atoms with Gasteiger partial charge in [0.2, 0.25) is 5.91 Å². The van der Waals surface area contributed by atoms with Gasteiger partial charge in [-0.2, -0.15) is 0 Å². The lowest BCUT2D eigenvalue weighted by Crippen LogP contribution is -2.32. The number of anilines is 2. The van der Waals surface area contributed by atoms with Gasteiger partial charge in [0.25, 0.3) is 0 Å². The monoisotopic (exact) mass is 234 g/mol. The van der Waals surface area contributed by atoms with Crippen LogP contribution in [0.5, 0.6) is 0 Å². The smallest absolute Gasteiger partial charge is 0.220 e. The molecule has 92 valence electrons. The van der Waals surface area contributed by atoms with E-state index in [4.69, 9.17) is 11.5 Å². The van der Waals surface area contributed by atoms with Gasteiger partial charge >= 0.3 is 0 Å². The molecule has 0 saturated heterocycles. The molecule has 1 aromatic heterocycles. The standard InChI is InChI=1S/C12H18N4O/c13-11-7-10(5-6-15-11)16-9-3-1-8(2-4-9)12(14)17/h5-9H,1-4H2,(H2,14,17)(H3,13,15,16). The Bertz CT molecular complexity index is 399. The number of pyridine rings is 1. The lowest BCUT2D eigenvalue weighted by atomic mass is 9.85. The molecule has 0 atom stereocenters. The highest BCUT2D eigenvalue weighted by Crippen LogP contribution is 2.26. The van der Waals surface area contributed by atoms with Gasteiger partial charge in [-0.3, -0.25) is 4.79 Å². The van der Waals surface area contributed by atoms with E-state index in [1.165, 1.54) is 0 Å². The number of primary amides is 1. The van der Waals surface area contributed by atoms with E-state index in [1.54, 1.807) is 6.20 Å². The van der Waals surface area contributed by atoms with Gasteiger partial charge < -0.3 is 16.8 Å². The van der Waals surface area contributed by atoms with Gasteiger partial charge in [-0.25, -0.2) is 4.98 Å². The van der Waals surface area contributed by atoms with E-state index >= 15 is 0 Å². The van der Waals surface area contributed by atoms with Gasteiger partial charge in [0.05, 0.1) is 0 Å². The van der Waals surface area contributed by atoms with Crippen LogP contribution in [0, 0.1) is 5.92 Å². The Morgan fingerprint density at radius 1 is 1.35 bits per heavy atom. The lowest BCUT2D eigenvalue weighted by Gasteiger charge is -2.28. The number of nitrogens with zero attached hydrogens (tertiary/aromatic N) is 1. The fourth-order valence-corrected chi connectivity index (χ4v) is 2.30. The molecule has 0 radical (unpaired) electrons. The predicted octanol–water partition coefficient (Wildman–Crippen LogP) is 1.12. The van der Waals surface area contributed by atoms with Crippen LogP contribution in [0.1, 0.15) is 25.7 Å². The average Bonchev–Trinajstić information content (AvgIpc) is 2.29. The average molecular weight is 234 g/mol. The first-order valence-electron chi connectivity index (χ1n) is 5.92. The van der Waals surface area contributed by atoms with Crippen LogP contribution in [0.2, 0.25) is 0 Å². The minimum atomic E-state index is -0.170. The van der Waals surface area contributed by atoms with Crippen LogP contribution in [-0.4, -0.2) is 16.9 Å². The van der Waals surface area contributed by atoms with Crippen molar-refractivity contribution in [1.29, 1.82) is 0 Å². The summed E-state index contributed by atoms with van der Waals surface area (Å²) in [4.78, 5) is 15.0. The number of nitrogen functional groups attached to an aromatic ring is 1. The third-order valence-corrected chi connectivity index (χ3v) is 3.28. The SMILES string of the molecule is NC(=O)C1CCC(Nc2ccnc(N)c2)CC1. The summed E-state index contributed by atoms with van der Waals surface area (Å²) in [7, 11) is 0. The molecule has 17 heavy (non-hydrogen) atoms. The first-order valence-corrected chi connectivity index (χ1v) is 5.92. The quantitative estimate of drug-likeness (QED) is 0.730. The van der Waals surface area contributed by atoms with Crippen LogP contribution in [0.25, 0.3) is 0 Å². The van der Waals surface area contributed by atoms with E-state index in [2.05, 4.69) is 10.3 Å². The highest BCUT2D eigenvalue weighted by molar-refractivity contribution is 5.76. The molecule has 0 spiro atoms. The zero-order chi connectivity index (χ0) is 12.3. The fourth-order valence-electron chi connectivity index (χ4n) is 2.30. The maximum atomic E-state index is 11.0. The second kappa shape index (κ2) is 5.03. The van der Waals surface area contributed by atoms with Crippen LogP contribution in [0.15, 0.2) is 18.3 Å². The van der Waals surface area contributed by atoms with Crippen LogP contribution in [0.4, 0.5) is 11.5 Å². The maximum Gasteiger partial charge on any atom is 0.220 e. The van der Waals surface area contributed by atoms with Gasteiger partial charge in [-0.15, -0.1) is 0 Å². The highest BCUT2D eigenvalue weighted by Gasteiger charge is 2.24. The van der Waals surface area contributed by atoms with E-state index in [9.17, 15) is 4.79 Å². The first-order chi connectivity index (χ1) is 8.15. The largest absolute Gasteiger partial charge is 0.384 e. The summed E-state index contributed by atoms with van der Waals surface area (Å²) >= 11 is 0. The fraction of sp³-hybridized carbons (Fsp3) is 0.500. The molecule has 1 fully saturated rings. The van der Waals surface area contributed by atoms with E-state index < -0.39 is 0 Å². The van der Waals surface area contributed by atoms with Crippen molar-refractivity contribution >= 4 is 17.4 Å². The Hall–Kier alpha value is -1.78. The third-order valence-electron chi connectivity index (χ3n) is 3.28. The van der Waals surface area contributed by atoms with Crippen molar-refractivity contribution in [3.05, 3.63) is 18.3 Å². The summed E-state index contributed by atoms with van der Waals surface area (Å²) in [5.41, 5.74) is 11.9. The Balaban J connectivity index is 1.88. The highest BCUT2D eigenvalue weighted by atomic mass is 16.1. The number of aromatic nitrogens is 1. The molecule has 0 unspecified atom stereocenters. The van der Waals surface area contributed by atoms with Gasteiger partial charge in [-0.05, 0) is 31.7 Å². The molecule has 2 rings (SSSR count). The number of nitrogens with one attached hydrogen (secondary N) is 1. The molecule has 1 aliphatic rings. The molecule has 1 amide bonds. The summed E-state index contributed by atoms with van der Waals surface area (Å²) < 4.78 is 0. The Morgan fingerprint density at radius 3 is 2.65 bits per heavy atom. The number of nitrogens with two attached hydrogens (primary N) is 2. The number of rotatable bonds is 3. The van der Waals surface area contributed by atoms with Crippen molar-refractivity contribution < 1.29 is 4.79 Å². The zero-order valence-electron chi connectivity index (χ0n) is 9.73. The minimum Gasteiger partial charge on any atom is -0.384 e. The third kappa shape index (κ3) is 3.09. The Kier molecular flexibility index (Phi) is 3.46. The van der Waals surface area contributed by atoms with Crippen molar-refractivity contribution in [1.82, 2.24) is 4.98 Å². The van der Waals surface area contributed by atoms with E-state index in [1.807, 2.05) is 12.1 Å². The molecule has 5 nitrogen and oxygen atoms in total. The second-order valence-corrected chi connectivity index (χ2v) is 4.56. The molecule has 1 aliphatic carbocycles. The molecule has 5 N–H and O–H groups in total. The summed E-state index contributed by atoms with van der Waals surface area (Å²) in [6.45, 7) is 0. The number of hydrogen-bond acceptors (Lipinski definition) is 4. The van der Waals surface area contributed by atoms with Crippen LogP contribution in [-0.2, 0) is 4.79 Å². The van der Waals surface area contributed by atoms with Gasteiger partial charge in [0, 0.05) is 29.9 Å². The van der Waals surface area contributed by atoms with Crippen molar-refractivity contribution in [3.63, 3.8) is 0 Å². The number of hydrogen-bond donors (Lipinski definition) is 3. The van der Waals surface area contributed by atoms with Crippen molar-refractivity contribution in [2.45, 2.75) is 31.7 Å². The van der Waals surface area contributed by atoms with Gasteiger partial charge in [-0.1, -0.05) is 0 Å². The second-order valence-electron chi connectivity index (χ2n) is 4.56. The van der Waals surface area contributed by atoms with Crippen molar-refractivity contribution in [2.75, 3.05) is 11.1 Å². The molecule has 1 saturated carbocycles. The summed E-state index contributed by atoms with van der Waals surface area (Å²) in [5.74, 6) is 0.396. The molecule has 0 bridgehead atoms. The van der Waals surface area contributed by atoms with E-state index in [0.29, 0.717) is 11.9 Å². The van der Waals surface area contributed by atoms with Crippen LogP contribution in [0.3, 0.4) is 0 Å². The molecular formula is C12H18N4O. The molecular weight excluding hydrogens is 216 g/mol. The Labute approximate surface area is 101 Å².